The molecule has 1 aliphatic carbocycles. The Bertz CT molecular complexity index is 856. The maximum atomic E-state index is 11.9. The molecule has 1 saturated carbocycles. The molecule has 0 radical (unpaired) electrons. The first kappa shape index (κ1) is 13.4. The molecule has 2 aromatic heterocycles. The Morgan fingerprint density at radius 1 is 1.36 bits per heavy atom. The Morgan fingerprint density at radius 3 is 3.05 bits per heavy atom. The van der Waals surface area contributed by atoms with Gasteiger partial charge in [-0.3, -0.25) is 9.89 Å². The third kappa shape index (κ3) is 2.48. The number of aromatic nitrogens is 5. The van der Waals surface area contributed by atoms with Crippen molar-refractivity contribution >= 4 is 51.9 Å². The van der Waals surface area contributed by atoms with Crippen molar-refractivity contribution in [2.45, 2.75) is 18.9 Å². The lowest BCUT2D eigenvalue weighted by atomic mass is 10.2. The van der Waals surface area contributed by atoms with Crippen molar-refractivity contribution in [3.8, 4) is 0 Å². The molecule has 1 fully saturated rings. The Balaban J connectivity index is 1.60. The summed E-state index contributed by atoms with van der Waals surface area (Å²) in [6.07, 6.45) is 2.03. The minimum atomic E-state index is -0.261. The van der Waals surface area contributed by atoms with Gasteiger partial charge in [-0.05, 0) is 25.0 Å². The van der Waals surface area contributed by atoms with E-state index in [1.807, 2.05) is 0 Å². The van der Waals surface area contributed by atoms with Crippen LogP contribution in [0.2, 0.25) is 5.02 Å². The summed E-state index contributed by atoms with van der Waals surface area (Å²) in [5.41, 5.74) is 1.95. The Kier molecular flexibility index (Phi) is 3.16. The lowest BCUT2D eigenvalue weighted by Crippen LogP contribution is -2.26. The maximum Gasteiger partial charge on any atom is 0.288 e. The van der Waals surface area contributed by atoms with Crippen LogP contribution in [0.4, 0.5) is 11.6 Å². The molecule has 2 heterocycles. The third-order valence-electron chi connectivity index (χ3n) is 3.23. The van der Waals surface area contributed by atoms with Gasteiger partial charge in [-0.25, -0.2) is 0 Å². The zero-order valence-corrected chi connectivity index (χ0v) is 12.7. The van der Waals surface area contributed by atoms with E-state index in [2.05, 4.69) is 34.6 Å². The van der Waals surface area contributed by atoms with E-state index in [1.165, 1.54) is 0 Å². The summed E-state index contributed by atoms with van der Waals surface area (Å²) < 4.78 is 8.36. The highest BCUT2D eigenvalue weighted by Crippen LogP contribution is 2.31. The van der Waals surface area contributed by atoms with Crippen molar-refractivity contribution in [3.05, 3.63) is 23.0 Å². The van der Waals surface area contributed by atoms with Gasteiger partial charge in [-0.1, -0.05) is 11.6 Å². The van der Waals surface area contributed by atoms with Crippen molar-refractivity contribution < 1.29 is 4.79 Å². The van der Waals surface area contributed by atoms with Crippen LogP contribution in [0.25, 0.3) is 11.0 Å². The number of fused-ring (bicyclic) bond motifs is 1. The van der Waals surface area contributed by atoms with Gasteiger partial charge in [0.25, 0.3) is 5.91 Å². The molecule has 22 heavy (non-hydrogen) atoms. The molecular weight excluding hydrogens is 326 g/mol. The van der Waals surface area contributed by atoms with Gasteiger partial charge < -0.3 is 10.6 Å². The number of hydrogen-bond donors (Lipinski definition) is 3. The average Bonchev–Trinajstić information content (AvgIpc) is 3.02. The molecule has 0 atom stereocenters. The normalized spacial score (nSPS) is 14.2. The fraction of sp³-hybridized carbons (Fsp3) is 0.250. The highest BCUT2D eigenvalue weighted by molar-refractivity contribution is 7.00. The highest BCUT2D eigenvalue weighted by Gasteiger charge is 2.25. The van der Waals surface area contributed by atoms with Crippen LogP contribution >= 0.6 is 23.3 Å². The van der Waals surface area contributed by atoms with Gasteiger partial charge in [0.1, 0.15) is 11.0 Å². The van der Waals surface area contributed by atoms with Crippen LogP contribution in [0.1, 0.15) is 23.5 Å². The number of hydrogen-bond acceptors (Lipinski definition) is 7. The van der Waals surface area contributed by atoms with Gasteiger partial charge in [0, 0.05) is 6.04 Å². The third-order valence-corrected chi connectivity index (χ3v) is 4.08. The van der Waals surface area contributed by atoms with Crippen LogP contribution in [0.3, 0.4) is 0 Å². The molecule has 0 bridgehead atoms. The second-order valence-corrected chi connectivity index (χ2v) is 5.87. The molecule has 1 aliphatic rings. The Morgan fingerprint density at radius 2 is 2.23 bits per heavy atom. The molecule has 0 saturated heterocycles. The second kappa shape index (κ2) is 5.18. The lowest BCUT2D eigenvalue weighted by molar-refractivity contribution is 0.0941. The molecule has 4 rings (SSSR count). The monoisotopic (exact) mass is 335 g/mol. The Hall–Kier alpha value is -2.26. The van der Waals surface area contributed by atoms with E-state index in [0.29, 0.717) is 16.2 Å². The van der Waals surface area contributed by atoms with Gasteiger partial charge >= 0.3 is 0 Å². The summed E-state index contributed by atoms with van der Waals surface area (Å²) in [6.45, 7) is 0. The summed E-state index contributed by atoms with van der Waals surface area (Å²) in [6, 6.07) is 3.78. The van der Waals surface area contributed by atoms with Crippen LogP contribution < -0.4 is 10.6 Å². The van der Waals surface area contributed by atoms with E-state index >= 15 is 0 Å². The number of aromatic amines is 1. The predicted octanol–water partition coefficient (Wildman–Crippen LogP) is 2.10. The summed E-state index contributed by atoms with van der Waals surface area (Å²) in [5.74, 6) is 0.153. The minimum Gasteiger partial charge on any atom is -0.347 e. The van der Waals surface area contributed by atoms with Crippen LogP contribution in [-0.4, -0.2) is 35.9 Å². The van der Waals surface area contributed by atoms with Crippen molar-refractivity contribution in [2.24, 2.45) is 0 Å². The summed E-state index contributed by atoms with van der Waals surface area (Å²) in [4.78, 5) is 16.0. The number of nitrogens with zero attached hydrogens (tertiary/aromatic N) is 4. The largest absolute Gasteiger partial charge is 0.347 e. The SMILES string of the molecule is O=C(NC1CC1)c1nc(Nc2c(Cl)ccc3nsnc23)n[nH]1. The summed E-state index contributed by atoms with van der Waals surface area (Å²) in [7, 11) is 0. The summed E-state index contributed by atoms with van der Waals surface area (Å²) in [5, 5.41) is 12.9. The predicted molar refractivity (Wildman–Crippen MR) is 82.6 cm³/mol. The van der Waals surface area contributed by atoms with E-state index in [-0.39, 0.29) is 23.7 Å². The molecule has 3 aromatic rings. The first-order valence-corrected chi connectivity index (χ1v) is 7.72. The standard InChI is InChI=1S/C12H10ClN7OS/c13-6-3-4-7-9(20-22-19-7)8(6)15-12-16-10(17-18-12)11(21)14-5-1-2-5/h3-5H,1-2H2,(H,14,21)(H2,15,16,17,18). The molecule has 1 aromatic carbocycles. The van der Waals surface area contributed by atoms with E-state index in [1.54, 1.807) is 12.1 Å². The number of carbonyl (C=O) groups excluding carboxylic acids is 1. The zero-order chi connectivity index (χ0) is 15.1. The van der Waals surface area contributed by atoms with Crippen molar-refractivity contribution in [1.82, 2.24) is 29.2 Å². The second-order valence-electron chi connectivity index (χ2n) is 4.93. The first-order valence-electron chi connectivity index (χ1n) is 6.62. The number of carbonyl (C=O) groups is 1. The number of amides is 1. The number of anilines is 2. The van der Waals surface area contributed by atoms with Gasteiger partial charge in [0.05, 0.1) is 22.4 Å². The number of benzene rings is 1. The number of H-pyrrole nitrogens is 1. The molecule has 0 spiro atoms. The minimum absolute atomic E-state index is 0.161. The fourth-order valence-electron chi connectivity index (χ4n) is 1.96. The van der Waals surface area contributed by atoms with E-state index in [9.17, 15) is 4.79 Å². The van der Waals surface area contributed by atoms with Crippen molar-refractivity contribution in [1.29, 1.82) is 0 Å². The number of nitrogens with one attached hydrogen (secondary N) is 3. The Labute approximate surface area is 133 Å². The topological polar surface area (TPSA) is 108 Å². The molecule has 0 unspecified atom stereocenters. The first-order chi connectivity index (χ1) is 10.7. The van der Waals surface area contributed by atoms with Crippen LogP contribution in [0.15, 0.2) is 12.1 Å². The van der Waals surface area contributed by atoms with E-state index < -0.39 is 0 Å². The van der Waals surface area contributed by atoms with Crippen LogP contribution in [-0.2, 0) is 0 Å². The van der Waals surface area contributed by atoms with Gasteiger partial charge in [0.2, 0.25) is 11.8 Å². The molecule has 10 heteroatoms. The van der Waals surface area contributed by atoms with Crippen LogP contribution in [0, 0.1) is 0 Å². The molecule has 3 N–H and O–H groups in total. The fourth-order valence-corrected chi connectivity index (χ4v) is 2.70. The van der Waals surface area contributed by atoms with Gasteiger partial charge in [-0.2, -0.15) is 13.7 Å². The highest BCUT2D eigenvalue weighted by atomic mass is 35.5. The average molecular weight is 336 g/mol. The van der Waals surface area contributed by atoms with Gasteiger partial charge in [-0.15, -0.1) is 5.10 Å². The quantitative estimate of drug-likeness (QED) is 0.673. The maximum absolute atomic E-state index is 11.9. The molecular formula is C12H10ClN7OS. The lowest BCUT2D eigenvalue weighted by Gasteiger charge is -2.04. The van der Waals surface area contributed by atoms with Gasteiger partial charge in [0.15, 0.2) is 0 Å². The van der Waals surface area contributed by atoms with Crippen LogP contribution in [0.5, 0.6) is 0 Å². The smallest absolute Gasteiger partial charge is 0.288 e. The molecule has 0 aliphatic heterocycles. The number of rotatable bonds is 4. The van der Waals surface area contributed by atoms with Crippen molar-refractivity contribution in [3.63, 3.8) is 0 Å². The van der Waals surface area contributed by atoms with E-state index in [0.717, 1.165) is 30.1 Å². The molecule has 1 amide bonds. The molecule has 112 valence electrons. The summed E-state index contributed by atoms with van der Waals surface area (Å²) >= 11 is 7.28. The van der Waals surface area contributed by atoms with Crippen molar-refractivity contribution in [2.75, 3.05) is 5.32 Å². The molecule has 8 nitrogen and oxygen atoms in total. The zero-order valence-electron chi connectivity index (χ0n) is 11.1. The number of halogens is 1. The van der Waals surface area contributed by atoms with E-state index in [4.69, 9.17) is 11.6 Å².